The zero-order chi connectivity index (χ0) is 20.7. The van der Waals surface area contributed by atoms with Crippen LogP contribution in [0.5, 0.6) is 0 Å². The Morgan fingerprint density at radius 2 is 1.40 bits per heavy atom. The second-order valence-electron chi connectivity index (χ2n) is 3.30. The number of carbonyl (C=O) groups is 1. The molecule has 0 aliphatic rings. The predicted octanol–water partition coefficient (Wildman–Crippen LogP) is 6.49. The summed E-state index contributed by atoms with van der Waals surface area (Å²) in [7, 11) is 1.00. The van der Waals surface area contributed by atoms with Gasteiger partial charge in [-0.25, -0.2) is 0 Å². The number of anilines is 1. The van der Waals surface area contributed by atoms with E-state index in [1.54, 1.807) is 6.92 Å². The van der Waals surface area contributed by atoms with Crippen LogP contribution in [0.15, 0.2) is 18.2 Å². The van der Waals surface area contributed by atoms with Gasteiger partial charge in [-0.15, -0.1) is 0 Å². The summed E-state index contributed by atoms with van der Waals surface area (Å²) in [5.41, 5.74) is 7.40. The summed E-state index contributed by atoms with van der Waals surface area (Å²) in [4.78, 5) is 10.6. The molecule has 0 spiro atoms. The van der Waals surface area contributed by atoms with Crippen molar-refractivity contribution in [3.8, 4) is 0 Å². The predicted molar refractivity (Wildman–Crippen MR) is 124 cm³/mol. The number of aliphatic hydroxyl groups excluding tert-OH is 1. The molecule has 1 atom stereocenters. The molecule has 1 aromatic rings. The number of nitrogen functional groups attached to an aromatic ring is 1. The fourth-order valence-corrected chi connectivity index (χ4v) is 1.72. The first kappa shape index (κ1) is 39.3. The number of nitrogens with two attached hydrogens (primary N) is 1. The number of aliphatic carboxylic acids is 1. The average Bonchev–Trinajstić information content (AvgIpc) is 2.66. The van der Waals surface area contributed by atoms with Gasteiger partial charge in [-0.3, -0.25) is 4.79 Å². The Balaban J connectivity index is -0.0000000708. The van der Waals surface area contributed by atoms with E-state index in [0.29, 0.717) is 6.42 Å². The van der Waals surface area contributed by atoms with Crippen LogP contribution in [0.25, 0.3) is 0 Å². The van der Waals surface area contributed by atoms with E-state index in [1.165, 1.54) is 0 Å². The van der Waals surface area contributed by atoms with Crippen molar-refractivity contribution in [2.24, 2.45) is 5.92 Å². The lowest BCUT2D eigenvalue weighted by Gasteiger charge is -2.07. The first-order valence-corrected chi connectivity index (χ1v) is 9.80. The van der Waals surface area contributed by atoms with Crippen molar-refractivity contribution in [3.63, 3.8) is 0 Å². The fraction of sp³-hybridized carbons (Fsp3) is 0.650. The molecule has 1 rings (SSSR count). The Kier molecular flexibility index (Phi) is 54.3. The summed E-state index contributed by atoms with van der Waals surface area (Å²) < 4.78 is 0.970. The topological polar surface area (TPSA) is 83.5 Å². The van der Waals surface area contributed by atoms with Crippen molar-refractivity contribution >= 4 is 34.2 Å². The second-order valence-corrected chi connectivity index (χ2v) is 4.46. The molecule has 0 unspecified atom stereocenters. The van der Waals surface area contributed by atoms with Gasteiger partial charge in [-0.2, -0.15) is 0 Å². The molecule has 25 heavy (non-hydrogen) atoms. The van der Waals surface area contributed by atoms with Gasteiger partial charge in [0, 0.05) is 16.4 Å². The minimum atomic E-state index is -0.767. The van der Waals surface area contributed by atoms with Gasteiger partial charge in [0.15, 0.2) is 0 Å². The molecule has 154 valence electrons. The van der Waals surface area contributed by atoms with Crippen LogP contribution in [-0.4, -0.2) is 23.3 Å². The Bertz CT molecular complexity index is 359. The number of hydrogen-bond donors (Lipinski definition) is 3. The van der Waals surface area contributed by atoms with Crippen LogP contribution in [0.2, 0.25) is 0 Å². The van der Waals surface area contributed by atoms with E-state index in [-0.39, 0.29) is 13.3 Å². The Morgan fingerprint density at radius 1 is 1.04 bits per heavy atom. The summed E-state index contributed by atoms with van der Waals surface area (Å²) in [5, 5.41) is 15.7. The van der Waals surface area contributed by atoms with Crippen molar-refractivity contribution in [2.75, 3.05) is 12.8 Å². The van der Waals surface area contributed by atoms with Gasteiger partial charge in [0.2, 0.25) is 0 Å². The van der Waals surface area contributed by atoms with E-state index in [9.17, 15) is 4.79 Å². The highest BCUT2D eigenvalue weighted by atomic mass is 127. The van der Waals surface area contributed by atoms with Gasteiger partial charge in [0.1, 0.15) is 0 Å². The Morgan fingerprint density at radius 3 is 1.68 bits per heavy atom. The van der Waals surface area contributed by atoms with E-state index in [2.05, 4.69) is 22.6 Å². The molecular weight excluding hydrogens is 429 g/mol. The number of carboxylic acids is 1. The van der Waals surface area contributed by atoms with Crippen molar-refractivity contribution in [1.29, 1.82) is 0 Å². The van der Waals surface area contributed by atoms with Crippen molar-refractivity contribution in [1.82, 2.24) is 0 Å². The van der Waals surface area contributed by atoms with Crippen molar-refractivity contribution in [2.45, 2.75) is 76.2 Å². The van der Waals surface area contributed by atoms with Gasteiger partial charge < -0.3 is 15.9 Å². The molecular formula is C20H44INO3. The second kappa shape index (κ2) is 34.5. The van der Waals surface area contributed by atoms with E-state index in [0.717, 1.165) is 21.9 Å². The molecule has 1 aromatic carbocycles. The third-order valence-corrected chi connectivity index (χ3v) is 2.96. The minimum Gasteiger partial charge on any atom is -0.481 e. The largest absolute Gasteiger partial charge is 0.481 e. The summed E-state index contributed by atoms with van der Waals surface area (Å²) in [5.74, 6) is -1.12. The molecule has 4 nitrogen and oxygen atoms in total. The van der Waals surface area contributed by atoms with E-state index >= 15 is 0 Å². The van der Waals surface area contributed by atoms with Gasteiger partial charge >= 0.3 is 5.97 Å². The molecule has 0 heterocycles. The monoisotopic (exact) mass is 473 g/mol. The average molecular weight is 473 g/mol. The molecule has 0 aliphatic carbocycles. The maximum atomic E-state index is 10.6. The van der Waals surface area contributed by atoms with Gasteiger partial charge in [0.25, 0.3) is 0 Å². The molecule has 5 heteroatoms. The summed E-state index contributed by atoms with van der Waals surface area (Å²) in [6.45, 7) is 17.7. The van der Waals surface area contributed by atoms with Crippen LogP contribution in [-0.2, 0) is 11.2 Å². The normalized spacial score (nSPS) is 8.16. The quantitative estimate of drug-likeness (QED) is 0.346. The molecule has 0 fully saturated rings. The van der Waals surface area contributed by atoms with E-state index in [4.69, 9.17) is 15.9 Å². The smallest absolute Gasteiger partial charge is 0.306 e. The highest BCUT2D eigenvalue weighted by Gasteiger charge is 2.11. The standard InChI is InChI=1S/C10H12INO2.4C2H6.CH4O.CH4/c1-6(10(13)14)4-7-2-3-9(12)8(11)5-7;5*1-2;/h2-3,5-6H,4,12H2,1H3,(H,13,14);4*1-2H3;2H,1H3;1H4/t6-;;;;;;/m1....../s1. The highest BCUT2D eigenvalue weighted by Crippen LogP contribution is 2.18. The molecule has 4 N–H and O–H groups in total. The molecule has 0 amide bonds. The molecule has 0 saturated heterocycles. The lowest BCUT2D eigenvalue weighted by atomic mass is 10.0. The summed E-state index contributed by atoms with van der Waals surface area (Å²) in [6, 6.07) is 5.61. The number of halogens is 1. The maximum absolute atomic E-state index is 10.6. The first-order valence-electron chi connectivity index (χ1n) is 8.72. The molecule has 0 bridgehead atoms. The minimum absolute atomic E-state index is 0. The first-order chi connectivity index (χ1) is 11.5. The van der Waals surface area contributed by atoms with Crippen molar-refractivity contribution in [3.05, 3.63) is 27.3 Å². The fourth-order valence-electron chi connectivity index (χ4n) is 1.14. The summed E-state index contributed by atoms with van der Waals surface area (Å²) in [6.07, 6.45) is 0.547. The van der Waals surface area contributed by atoms with E-state index < -0.39 is 5.97 Å². The van der Waals surface area contributed by atoms with Crippen LogP contribution in [0, 0.1) is 9.49 Å². The van der Waals surface area contributed by atoms with E-state index in [1.807, 2.05) is 73.6 Å². The van der Waals surface area contributed by atoms with Gasteiger partial charge in [-0.05, 0) is 46.7 Å². The van der Waals surface area contributed by atoms with Crippen LogP contribution >= 0.6 is 22.6 Å². The van der Waals surface area contributed by atoms with Crippen LogP contribution in [0.4, 0.5) is 5.69 Å². The van der Waals surface area contributed by atoms with Gasteiger partial charge in [0.05, 0.1) is 5.92 Å². The van der Waals surface area contributed by atoms with Crippen molar-refractivity contribution < 1.29 is 15.0 Å². The number of carboxylic acid groups (broad SMARTS) is 1. The third-order valence-electron chi connectivity index (χ3n) is 2.03. The third kappa shape index (κ3) is 25.5. The molecule has 0 radical (unpaired) electrons. The number of benzene rings is 1. The SMILES string of the molecule is C.CC.CC.CC.CC.CO.C[C@H](Cc1ccc(N)c(I)c1)C(=O)O. The van der Waals surface area contributed by atoms with Crippen LogP contribution in [0.3, 0.4) is 0 Å². The lowest BCUT2D eigenvalue weighted by molar-refractivity contribution is -0.141. The van der Waals surface area contributed by atoms with Gasteiger partial charge in [-0.1, -0.05) is 75.8 Å². The molecule has 0 aliphatic heterocycles. The zero-order valence-electron chi connectivity index (χ0n) is 17.3. The zero-order valence-corrected chi connectivity index (χ0v) is 19.4. The maximum Gasteiger partial charge on any atom is 0.306 e. The highest BCUT2D eigenvalue weighted by molar-refractivity contribution is 14.1. The number of aliphatic hydroxyl groups is 1. The van der Waals surface area contributed by atoms with Crippen LogP contribution < -0.4 is 5.73 Å². The lowest BCUT2D eigenvalue weighted by Crippen LogP contribution is -2.12. The Labute approximate surface area is 171 Å². The summed E-state index contributed by atoms with van der Waals surface area (Å²) >= 11 is 2.14. The van der Waals surface area contributed by atoms with Crippen LogP contribution in [0.1, 0.15) is 75.3 Å². The Hall–Kier alpha value is -0.820. The molecule has 0 saturated carbocycles. The molecule has 0 aromatic heterocycles. The number of rotatable bonds is 3. The number of hydrogen-bond acceptors (Lipinski definition) is 3.